The second kappa shape index (κ2) is 7.16. The number of ether oxygens (including phenoxy) is 2. The van der Waals surface area contributed by atoms with Gasteiger partial charge in [0.15, 0.2) is 0 Å². The fraction of sp³-hybridized carbons (Fsp3) is 0.909. The van der Waals surface area contributed by atoms with Gasteiger partial charge >= 0.3 is 11.9 Å². The third kappa shape index (κ3) is 3.29. The van der Waals surface area contributed by atoms with Gasteiger partial charge in [0.05, 0.1) is 26.1 Å². The first-order chi connectivity index (χ1) is 12.2. The van der Waals surface area contributed by atoms with Crippen molar-refractivity contribution in [1.82, 2.24) is 0 Å². The quantitative estimate of drug-likeness (QED) is 0.686. The maximum atomic E-state index is 12.2. The summed E-state index contributed by atoms with van der Waals surface area (Å²) in [6, 6.07) is 0. The van der Waals surface area contributed by atoms with Crippen molar-refractivity contribution in [2.75, 3.05) is 14.2 Å². The summed E-state index contributed by atoms with van der Waals surface area (Å²) in [4.78, 5) is 24.1. The summed E-state index contributed by atoms with van der Waals surface area (Å²) in [5, 5.41) is 0. The van der Waals surface area contributed by atoms with E-state index >= 15 is 0 Å². The average molecular weight is 365 g/mol. The fourth-order valence-electron chi connectivity index (χ4n) is 7.06. The summed E-state index contributed by atoms with van der Waals surface area (Å²) >= 11 is 0. The average Bonchev–Trinajstić information content (AvgIpc) is 2.86. The van der Waals surface area contributed by atoms with Gasteiger partial charge in [0.1, 0.15) is 0 Å². The van der Waals surface area contributed by atoms with Crippen molar-refractivity contribution < 1.29 is 19.1 Å². The Balaban J connectivity index is 1.77. The van der Waals surface area contributed by atoms with Crippen LogP contribution < -0.4 is 0 Å². The molecule has 148 valence electrons. The zero-order valence-corrected chi connectivity index (χ0v) is 17.2. The van der Waals surface area contributed by atoms with E-state index < -0.39 is 0 Å². The number of hydrogen-bond acceptors (Lipinski definition) is 4. The van der Waals surface area contributed by atoms with E-state index in [2.05, 4.69) is 20.8 Å². The molecule has 0 radical (unpaired) electrons. The van der Waals surface area contributed by atoms with Crippen LogP contribution in [0.3, 0.4) is 0 Å². The van der Waals surface area contributed by atoms with Crippen LogP contribution in [0.4, 0.5) is 0 Å². The van der Waals surface area contributed by atoms with Gasteiger partial charge in [-0.25, -0.2) is 0 Å². The molecule has 0 aromatic heterocycles. The smallest absolute Gasteiger partial charge is 0.308 e. The van der Waals surface area contributed by atoms with Crippen molar-refractivity contribution in [3.05, 3.63) is 0 Å². The highest BCUT2D eigenvalue weighted by molar-refractivity contribution is 5.72. The van der Waals surface area contributed by atoms with E-state index in [1.54, 1.807) is 0 Å². The van der Waals surface area contributed by atoms with Crippen LogP contribution in [0.5, 0.6) is 0 Å². The fourth-order valence-corrected chi connectivity index (χ4v) is 7.06. The Morgan fingerprint density at radius 1 is 0.769 bits per heavy atom. The number of carbonyl (C=O) groups is 2. The first kappa shape index (κ1) is 19.7. The van der Waals surface area contributed by atoms with Crippen LogP contribution >= 0.6 is 0 Å². The lowest BCUT2D eigenvalue weighted by Gasteiger charge is -2.46. The lowest BCUT2D eigenvalue weighted by Crippen LogP contribution is -2.40. The predicted molar refractivity (Wildman–Crippen MR) is 100 cm³/mol. The van der Waals surface area contributed by atoms with Gasteiger partial charge in [-0.2, -0.15) is 0 Å². The molecule has 4 unspecified atom stereocenters. The number of fused-ring (bicyclic) bond motifs is 1. The number of methoxy groups -OCH3 is 2. The van der Waals surface area contributed by atoms with Crippen molar-refractivity contribution >= 4 is 11.9 Å². The molecule has 0 N–H and O–H groups in total. The molecular formula is C22H36O4. The van der Waals surface area contributed by atoms with Gasteiger partial charge in [-0.05, 0) is 80.0 Å². The molecule has 3 aliphatic carbocycles. The van der Waals surface area contributed by atoms with Crippen molar-refractivity contribution in [1.29, 1.82) is 0 Å². The normalized spacial score (nSPS) is 42.0. The van der Waals surface area contributed by atoms with Crippen molar-refractivity contribution in [3.63, 3.8) is 0 Å². The van der Waals surface area contributed by atoms with Crippen LogP contribution in [0.15, 0.2) is 0 Å². The van der Waals surface area contributed by atoms with Crippen molar-refractivity contribution in [2.45, 2.75) is 72.1 Å². The van der Waals surface area contributed by atoms with E-state index in [4.69, 9.17) is 9.47 Å². The monoisotopic (exact) mass is 364 g/mol. The largest absolute Gasteiger partial charge is 0.469 e. The molecule has 0 aromatic carbocycles. The Labute approximate surface area is 158 Å². The van der Waals surface area contributed by atoms with E-state index in [0.29, 0.717) is 23.2 Å². The minimum atomic E-state index is -0.0401. The van der Waals surface area contributed by atoms with Crippen LogP contribution in [-0.2, 0) is 19.1 Å². The number of esters is 2. The maximum absolute atomic E-state index is 12.2. The molecule has 0 amide bonds. The topological polar surface area (TPSA) is 52.6 Å². The Morgan fingerprint density at radius 3 is 1.88 bits per heavy atom. The van der Waals surface area contributed by atoms with Crippen LogP contribution in [0.25, 0.3) is 0 Å². The third-order valence-corrected chi connectivity index (χ3v) is 8.27. The maximum Gasteiger partial charge on any atom is 0.308 e. The molecule has 0 spiro atoms. The standard InChI is InChI=1S/C22H36O4/c1-21(2)13-22(3,16-9-6-14(7-10-16)19(23)25-4)18-12-15(20(24)26-5)8-11-17(18)21/h14-18H,6-13H2,1-5H3. The summed E-state index contributed by atoms with van der Waals surface area (Å²) in [7, 11) is 3.01. The molecule has 0 bridgehead atoms. The van der Waals surface area contributed by atoms with Gasteiger partial charge in [0.2, 0.25) is 0 Å². The summed E-state index contributed by atoms with van der Waals surface area (Å²) < 4.78 is 10.0. The molecule has 0 heterocycles. The lowest BCUT2D eigenvalue weighted by molar-refractivity contribution is -0.150. The molecule has 3 fully saturated rings. The zero-order valence-electron chi connectivity index (χ0n) is 17.2. The van der Waals surface area contributed by atoms with Crippen molar-refractivity contribution in [3.8, 4) is 0 Å². The minimum Gasteiger partial charge on any atom is -0.469 e. The van der Waals surface area contributed by atoms with Gasteiger partial charge in [0, 0.05) is 0 Å². The van der Waals surface area contributed by atoms with Crippen LogP contribution in [0.2, 0.25) is 0 Å². The summed E-state index contributed by atoms with van der Waals surface area (Å²) in [6.45, 7) is 7.32. The Kier molecular flexibility index (Phi) is 5.43. The third-order valence-electron chi connectivity index (χ3n) is 8.27. The number of rotatable bonds is 3. The van der Waals surface area contributed by atoms with Crippen LogP contribution in [-0.4, -0.2) is 26.2 Å². The SMILES string of the molecule is COC(=O)C1CCC(C2(C)CC(C)(C)C3CCC(C(=O)OC)CC32)CC1. The molecule has 3 rings (SSSR count). The van der Waals surface area contributed by atoms with E-state index in [9.17, 15) is 9.59 Å². The molecule has 0 saturated heterocycles. The summed E-state index contributed by atoms with van der Waals surface area (Å²) in [5.74, 6) is 2.03. The predicted octanol–water partition coefficient (Wildman–Crippen LogP) is 4.61. The van der Waals surface area contributed by atoms with E-state index in [-0.39, 0.29) is 29.2 Å². The van der Waals surface area contributed by atoms with Crippen molar-refractivity contribution in [2.24, 2.45) is 40.4 Å². The molecule has 4 heteroatoms. The highest BCUT2D eigenvalue weighted by atomic mass is 16.5. The highest BCUT2D eigenvalue weighted by Gasteiger charge is 2.59. The zero-order chi connectivity index (χ0) is 19.1. The van der Waals surface area contributed by atoms with Crippen LogP contribution in [0, 0.1) is 40.4 Å². The molecule has 0 aliphatic heterocycles. The Bertz CT molecular complexity index is 546. The minimum absolute atomic E-state index is 0.0232. The van der Waals surface area contributed by atoms with Gasteiger partial charge in [0.25, 0.3) is 0 Å². The second-order valence-corrected chi connectivity index (χ2v) is 9.99. The van der Waals surface area contributed by atoms with E-state index in [1.807, 2.05) is 0 Å². The molecule has 3 saturated carbocycles. The molecule has 4 atom stereocenters. The van der Waals surface area contributed by atoms with Crippen LogP contribution in [0.1, 0.15) is 72.1 Å². The van der Waals surface area contributed by atoms with Gasteiger partial charge in [-0.3, -0.25) is 9.59 Å². The summed E-state index contributed by atoms with van der Waals surface area (Å²) in [6.07, 6.45) is 8.45. The Morgan fingerprint density at radius 2 is 1.31 bits per heavy atom. The molecule has 26 heavy (non-hydrogen) atoms. The van der Waals surface area contributed by atoms with E-state index in [0.717, 1.165) is 44.9 Å². The van der Waals surface area contributed by atoms with Gasteiger partial charge in [-0.15, -0.1) is 0 Å². The molecule has 4 nitrogen and oxygen atoms in total. The highest BCUT2D eigenvalue weighted by Crippen LogP contribution is 2.66. The van der Waals surface area contributed by atoms with Gasteiger partial charge in [-0.1, -0.05) is 20.8 Å². The summed E-state index contributed by atoms with van der Waals surface area (Å²) in [5.41, 5.74) is 0.599. The molecule has 0 aromatic rings. The molecule has 3 aliphatic rings. The second-order valence-electron chi connectivity index (χ2n) is 9.99. The van der Waals surface area contributed by atoms with Gasteiger partial charge < -0.3 is 9.47 Å². The number of carbonyl (C=O) groups excluding carboxylic acids is 2. The van der Waals surface area contributed by atoms with E-state index in [1.165, 1.54) is 20.6 Å². The number of hydrogen-bond donors (Lipinski definition) is 0. The first-order valence-corrected chi connectivity index (χ1v) is 10.4. The lowest BCUT2D eigenvalue weighted by atomic mass is 9.59. The first-order valence-electron chi connectivity index (χ1n) is 10.4. The Hall–Kier alpha value is -1.06. The molecular weight excluding hydrogens is 328 g/mol.